The molecule has 2 aromatic rings. The first-order chi connectivity index (χ1) is 28.0. The van der Waals surface area contributed by atoms with Crippen LogP contribution in [0.4, 0.5) is 0 Å². The van der Waals surface area contributed by atoms with E-state index >= 15 is 0 Å². The summed E-state index contributed by atoms with van der Waals surface area (Å²) in [6.45, 7) is 3.52. The Kier molecular flexibility index (Phi) is 19.5. The fraction of sp³-hybridized carbons (Fsp3) is 0.561. The van der Waals surface area contributed by atoms with E-state index in [0.29, 0.717) is 48.9 Å². The number of aromatic nitrogens is 1. The van der Waals surface area contributed by atoms with Crippen molar-refractivity contribution in [3.63, 3.8) is 0 Å². The van der Waals surface area contributed by atoms with Crippen molar-refractivity contribution in [1.82, 2.24) is 36.1 Å². The summed E-state index contributed by atoms with van der Waals surface area (Å²) in [5, 5.41) is 11.2. The van der Waals surface area contributed by atoms with Gasteiger partial charge in [0, 0.05) is 67.8 Å². The molecular weight excluding hydrogens is 781 g/mol. The fourth-order valence-electron chi connectivity index (χ4n) is 7.02. The number of hydrogen-bond acceptors (Lipinski definition) is 11. The van der Waals surface area contributed by atoms with E-state index in [0.717, 1.165) is 48.8 Å². The predicted octanol–water partition coefficient (Wildman–Crippen LogP) is 1.71. The molecule has 2 aliphatic rings. The molecule has 2 saturated heterocycles. The summed E-state index contributed by atoms with van der Waals surface area (Å²) in [7, 11) is 1.86. The average Bonchev–Trinajstić information content (AvgIpc) is 3.89. The van der Waals surface area contributed by atoms with Crippen molar-refractivity contribution in [1.29, 1.82) is 0 Å². The predicted molar refractivity (Wildman–Crippen MR) is 225 cm³/mol. The number of aldehydes is 1. The summed E-state index contributed by atoms with van der Waals surface area (Å²) in [6.07, 6.45) is 8.26. The standard InChI is InChI=1S/C41H58N8O7S2/c1-3-32(45-41(56)35-12-8-17-48(35)2)39(54)46-33(13-14-36(42)51)40(55)47-34(22-28-9-5-4-6-10-28)38(53)44-16-20-58-27-30-21-29(23-43-24-30)26-57-19-15-37(52)49-18-7-11-31(49)25-50/h4-6,9-10,21,23-25,31-35H,3,7-8,11-20,22,26-27H2,1-2H3,(H2,42,51)(H,44,53)(H,45,56)(H,46,54)(H,47,55)/t31-,32-,33-,34-,35-/m0/s1. The number of nitrogens with one attached hydrogen (secondary N) is 4. The van der Waals surface area contributed by atoms with Gasteiger partial charge < -0.3 is 36.7 Å². The molecule has 0 bridgehead atoms. The van der Waals surface area contributed by atoms with Gasteiger partial charge in [-0.25, -0.2) is 0 Å². The molecule has 17 heteroatoms. The second-order valence-corrected chi connectivity index (χ2v) is 16.9. The average molecular weight is 839 g/mol. The molecule has 0 saturated carbocycles. The van der Waals surface area contributed by atoms with Gasteiger partial charge >= 0.3 is 0 Å². The molecular formula is C41H58N8O7S2. The second-order valence-electron chi connectivity index (χ2n) is 14.7. The van der Waals surface area contributed by atoms with Crippen LogP contribution < -0.4 is 27.0 Å². The molecule has 2 fully saturated rings. The van der Waals surface area contributed by atoms with Crippen molar-refractivity contribution in [2.45, 2.75) is 106 Å². The van der Waals surface area contributed by atoms with Gasteiger partial charge in [0.1, 0.15) is 24.4 Å². The summed E-state index contributed by atoms with van der Waals surface area (Å²) in [5.74, 6) is 0.135. The lowest BCUT2D eigenvalue weighted by Crippen LogP contribution is -2.58. The lowest BCUT2D eigenvalue weighted by Gasteiger charge is -2.26. The summed E-state index contributed by atoms with van der Waals surface area (Å²) in [5.41, 5.74) is 8.30. The van der Waals surface area contributed by atoms with Crippen LogP contribution in [0.5, 0.6) is 0 Å². The minimum atomic E-state index is -1.18. The van der Waals surface area contributed by atoms with Gasteiger partial charge in [-0.1, -0.05) is 43.3 Å². The largest absolute Gasteiger partial charge is 0.370 e. The maximum Gasteiger partial charge on any atom is 0.243 e. The molecule has 6 N–H and O–H groups in total. The smallest absolute Gasteiger partial charge is 0.243 e. The number of nitrogens with zero attached hydrogens (tertiary/aromatic N) is 3. The van der Waals surface area contributed by atoms with Crippen molar-refractivity contribution in [2.24, 2.45) is 5.73 Å². The normalized spacial score (nSPS) is 18.1. The van der Waals surface area contributed by atoms with Crippen molar-refractivity contribution < 1.29 is 33.6 Å². The molecule has 0 unspecified atom stereocenters. The van der Waals surface area contributed by atoms with Gasteiger partial charge in [0.25, 0.3) is 0 Å². The number of likely N-dealkylation sites (tertiary alicyclic amines) is 2. The molecule has 4 rings (SSSR count). The Labute approximate surface area is 349 Å². The minimum Gasteiger partial charge on any atom is -0.370 e. The highest BCUT2D eigenvalue weighted by Gasteiger charge is 2.33. The van der Waals surface area contributed by atoms with E-state index < -0.39 is 41.8 Å². The van der Waals surface area contributed by atoms with Crippen LogP contribution >= 0.6 is 23.5 Å². The van der Waals surface area contributed by atoms with Crippen LogP contribution in [0.15, 0.2) is 48.8 Å². The van der Waals surface area contributed by atoms with Gasteiger partial charge in [0.05, 0.1) is 12.1 Å². The van der Waals surface area contributed by atoms with E-state index in [1.807, 2.05) is 48.5 Å². The SMILES string of the molecule is CC[C@H](NC(=O)[C@@H]1CCCN1C)C(=O)N[C@@H](CCC(N)=O)C(=O)N[C@@H](Cc1ccccc1)C(=O)NCCSCc1cncc(CSCCC(=O)N2CCC[C@H]2C=O)c1. The van der Waals surface area contributed by atoms with Gasteiger partial charge in [-0.2, -0.15) is 23.5 Å². The number of primary amides is 1. The van der Waals surface area contributed by atoms with Gasteiger partial charge in [-0.05, 0) is 68.8 Å². The van der Waals surface area contributed by atoms with Crippen LogP contribution in [0.1, 0.15) is 75.0 Å². The van der Waals surface area contributed by atoms with Gasteiger partial charge in [-0.3, -0.25) is 38.7 Å². The number of pyridine rings is 1. The molecule has 1 aromatic carbocycles. The minimum absolute atomic E-state index is 0.0235. The molecule has 6 amide bonds. The zero-order valence-corrected chi connectivity index (χ0v) is 35.1. The van der Waals surface area contributed by atoms with Crippen molar-refractivity contribution in [2.75, 3.05) is 38.2 Å². The third-order valence-electron chi connectivity index (χ3n) is 10.3. The molecule has 0 aliphatic carbocycles. The molecule has 1 aromatic heterocycles. The summed E-state index contributed by atoms with van der Waals surface area (Å²) >= 11 is 3.27. The zero-order chi connectivity index (χ0) is 41.9. The lowest BCUT2D eigenvalue weighted by molar-refractivity contribution is -0.134. The fourth-order valence-corrected chi connectivity index (χ4v) is 8.66. The Morgan fingerprint density at radius 3 is 2.17 bits per heavy atom. The van der Waals surface area contributed by atoms with Gasteiger partial charge in [-0.15, -0.1) is 0 Å². The molecule has 15 nitrogen and oxygen atoms in total. The number of likely N-dealkylation sites (N-methyl/N-ethyl adjacent to an activating group) is 1. The maximum absolute atomic E-state index is 13.7. The van der Waals surface area contributed by atoms with E-state index in [-0.39, 0.29) is 49.6 Å². The second kappa shape index (κ2) is 24.4. The highest BCUT2D eigenvalue weighted by molar-refractivity contribution is 7.98. The molecule has 316 valence electrons. The van der Waals surface area contributed by atoms with Gasteiger partial charge in [0.2, 0.25) is 35.4 Å². The van der Waals surface area contributed by atoms with E-state index in [2.05, 4.69) is 32.3 Å². The zero-order valence-electron chi connectivity index (χ0n) is 33.5. The van der Waals surface area contributed by atoms with Crippen LogP contribution in [0.3, 0.4) is 0 Å². The number of amides is 6. The number of carbonyl (C=O) groups is 7. The molecule has 2 aliphatic heterocycles. The third-order valence-corrected chi connectivity index (χ3v) is 12.3. The number of hydrogen-bond donors (Lipinski definition) is 5. The van der Waals surface area contributed by atoms with E-state index in [1.54, 1.807) is 41.5 Å². The molecule has 58 heavy (non-hydrogen) atoms. The lowest BCUT2D eigenvalue weighted by atomic mass is 10.0. The van der Waals surface area contributed by atoms with Crippen LogP contribution in [-0.4, -0.2) is 125 Å². The highest BCUT2D eigenvalue weighted by Crippen LogP contribution is 2.20. The first kappa shape index (κ1) is 46.2. The first-order valence-electron chi connectivity index (χ1n) is 20.0. The maximum atomic E-state index is 13.7. The highest BCUT2D eigenvalue weighted by atomic mass is 32.2. The van der Waals surface area contributed by atoms with Crippen molar-refractivity contribution in [3.05, 3.63) is 65.5 Å². The number of carbonyl (C=O) groups excluding carboxylic acids is 7. The molecule has 3 heterocycles. The number of benzene rings is 1. The number of rotatable bonds is 24. The Hall–Kier alpha value is -4.48. The number of thioether (sulfide) groups is 2. The first-order valence-corrected chi connectivity index (χ1v) is 22.3. The molecule has 0 spiro atoms. The summed E-state index contributed by atoms with van der Waals surface area (Å²) in [6, 6.07) is 7.63. The van der Waals surface area contributed by atoms with Crippen molar-refractivity contribution >= 4 is 65.3 Å². The Bertz CT molecular complexity index is 1700. The monoisotopic (exact) mass is 838 g/mol. The van der Waals surface area contributed by atoms with Crippen LogP contribution in [0.2, 0.25) is 0 Å². The van der Waals surface area contributed by atoms with Crippen molar-refractivity contribution in [3.8, 4) is 0 Å². The Morgan fingerprint density at radius 1 is 0.845 bits per heavy atom. The van der Waals surface area contributed by atoms with E-state index in [1.165, 1.54) is 0 Å². The number of nitrogens with two attached hydrogens (primary N) is 1. The summed E-state index contributed by atoms with van der Waals surface area (Å²) in [4.78, 5) is 97.1. The van der Waals surface area contributed by atoms with E-state index in [4.69, 9.17) is 5.73 Å². The molecule has 0 radical (unpaired) electrons. The topological polar surface area (TPSA) is 213 Å². The quantitative estimate of drug-likeness (QED) is 0.0759. The van der Waals surface area contributed by atoms with E-state index in [9.17, 15) is 33.6 Å². The van der Waals surface area contributed by atoms with Crippen LogP contribution in [-0.2, 0) is 51.5 Å². The summed E-state index contributed by atoms with van der Waals surface area (Å²) < 4.78 is 0. The molecule has 5 atom stereocenters. The van der Waals surface area contributed by atoms with Crippen LogP contribution in [0, 0.1) is 0 Å². The Morgan fingerprint density at radius 2 is 1.52 bits per heavy atom. The Balaban J connectivity index is 1.27. The van der Waals surface area contributed by atoms with Gasteiger partial charge in [0.15, 0.2) is 0 Å². The third kappa shape index (κ3) is 15.0. The van der Waals surface area contributed by atoms with Crippen LogP contribution in [0.25, 0.3) is 0 Å².